The van der Waals surface area contributed by atoms with Gasteiger partial charge >= 0.3 is 12.1 Å². The van der Waals surface area contributed by atoms with Crippen LogP contribution in [0, 0.1) is 6.92 Å². The highest BCUT2D eigenvalue weighted by Crippen LogP contribution is 2.24. The Morgan fingerprint density at radius 2 is 1.94 bits per heavy atom. The Hall–Kier alpha value is -2.44. The van der Waals surface area contributed by atoms with E-state index >= 15 is 0 Å². The molecule has 0 saturated heterocycles. The molecule has 0 spiro atoms. The van der Waals surface area contributed by atoms with E-state index in [0.717, 1.165) is 26.1 Å². The van der Waals surface area contributed by atoms with Gasteiger partial charge in [0, 0.05) is 32.4 Å². The Kier molecular flexibility index (Phi) is 8.81. The molecular weight excluding hydrogens is 449 g/mol. The van der Waals surface area contributed by atoms with Gasteiger partial charge in [-0.25, -0.2) is 17.9 Å². The molecule has 1 unspecified atom stereocenters. The predicted octanol–water partition coefficient (Wildman–Crippen LogP) is 2.71. The van der Waals surface area contributed by atoms with Crippen molar-refractivity contribution in [3.05, 3.63) is 53.3 Å². The zero-order valence-corrected chi connectivity index (χ0v) is 18.7. The highest BCUT2D eigenvalue weighted by molar-refractivity contribution is 7.89. The lowest BCUT2D eigenvalue weighted by Crippen LogP contribution is -2.39. The number of benzene rings is 1. The summed E-state index contributed by atoms with van der Waals surface area (Å²) >= 11 is 0. The summed E-state index contributed by atoms with van der Waals surface area (Å²) in [5.74, 6) is -2.64. The Bertz CT molecular complexity index is 1010. The number of sulfonamides is 1. The first kappa shape index (κ1) is 25.8. The minimum atomic E-state index is -5.08. The summed E-state index contributed by atoms with van der Waals surface area (Å²) in [5, 5.41) is 11.6. The number of carboxylic acids is 1. The quantitative estimate of drug-likeness (QED) is 0.637. The van der Waals surface area contributed by atoms with E-state index < -0.39 is 22.2 Å². The average molecular weight is 477 g/mol. The van der Waals surface area contributed by atoms with Crippen LogP contribution in [0.4, 0.5) is 13.2 Å². The second-order valence-corrected chi connectivity index (χ2v) is 9.50. The van der Waals surface area contributed by atoms with Crippen LogP contribution in [-0.4, -0.2) is 59.2 Å². The van der Waals surface area contributed by atoms with Gasteiger partial charge in [0.15, 0.2) is 0 Å². The van der Waals surface area contributed by atoms with E-state index in [1.807, 2.05) is 12.3 Å². The maximum absolute atomic E-state index is 11.6. The van der Waals surface area contributed by atoms with Gasteiger partial charge in [-0.15, -0.1) is 0 Å². The molecule has 12 heteroatoms. The van der Waals surface area contributed by atoms with Gasteiger partial charge in [-0.1, -0.05) is 24.3 Å². The summed E-state index contributed by atoms with van der Waals surface area (Å²) in [6.45, 7) is 6.87. The third-order valence-electron chi connectivity index (χ3n) is 5.03. The maximum atomic E-state index is 11.6. The van der Waals surface area contributed by atoms with Crippen molar-refractivity contribution in [3.63, 3.8) is 0 Å². The predicted molar refractivity (Wildman–Crippen MR) is 112 cm³/mol. The normalized spacial score (nSPS) is 16.7. The number of aromatic nitrogens is 2. The van der Waals surface area contributed by atoms with Gasteiger partial charge in [-0.2, -0.15) is 18.3 Å². The molecule has 0 fully saturated rings. The summed E-state index contributed by atoms with van der Waals surface area (Å²) < 4.78 is 59.7. The van der Waals surface area contributed by atoms with Gasteiger partial charge in [-0.3, -0.25) is 9.58 Å². The molecular formula is C20H27F3N4O4S. The van der Waals surface area contributed by atoms with Crippen molar-refractivity contribution >= 4 is 16.0 Å². The van der Waals surface area contributed by atoms with Crippen LogP contribution in [0.15, 0.2) is 36.5 Å². The minimum Gasteiger partial charge on any atom is -0.475 e. The van der Waals surface area contributed by atoms with Crippen LogP contribution in [-0.2, 0) is 27.9 Å². The van der Waals surface area contributed by atoms with Crippen molar-refractivity contribution in [3.8, 4) is 0 Å². The molecule has 0 amide bonds. The first-order valence-corrected chi connectivity index (χ1v) is 11.6. The number of hydrogen-bond acceptors (Lipinski definition) is 5. The summed E-state index contributed by atoms with van der Waals surface area (Å²) in [6, 6.07) is 10.7. The van der Waals surface area contributed by atoms with E-state index in [9.17, 15) is 21.6 Å². The summed E-state index contributed by atoms with van der Waals surface area (Å²) in [7, 11) is -3.15. The van der Waals surface area contributed by atoms with Crippen LogP contribution in [0.3, 0.4) is 0 Å². The second kappa shape index (κ2) is 10.9. The van der Waals surface area contributed by atoms with Crippen molar-refractivity contribution in [2.75, 3.05) is 18.8 Å². The maximum Gasteiger partial charge on any atom is 0.490 e. The van der Waals surface area contributed by atoms with Gasteiger partial charge in [0.05, 0.1) is 17.5 Å². The lowest BCUT2D eigenvalue weighted by Gasteiger charge is -2.34. The molecule has 0 radical (unpaired) electrons. The third kappa shape index (κ3) is 7.61. The number of hydrogen-bond donors (Lipinski definition) is 2. The zero-order valence-electron chi connectivity index (χ0n) is 17.8. The topological polar surface area (TPSA) is 105 Å². The van der Waals surface area contributed by atoms with Crippen molar-refractivity contribution in [1.29, 1.82) is 0 Å². The Morgan fingerprint density at radius 3 is 2.53 bits per heavy atom. The van der Waals surface area contributed by atoms with Gasteiger partial charge in [0.25, 0.3) is 0 Å². The fraction of sp³-hybridized carbons (Fsp3) is 0.500. The molecule has 178 valence electrons. The van der Waals surface area contributed by atoms with Crippen LogP contribution in [0.1, 0.15) is 36.2 Å². The molecule has 1 aliphatic rings. The molecule has 0 saturated carbocycles. The molecule has 1 aromatic heterocycles. The van der Waals surface area contributed by atoms with Gasteiger partial charge in [-0.05, 0) is 37.5 Å². The second-order valence-electron chi connectivity index (χ2n) is 7.41. The number of alkyl halides is 3. The van der Waals surface area contributed by atoms with E-state index in [4.69, 9.17) is 9.90 Å². The molecule has 3 rings (SSSR count). The van der Waals surface area contributed by atoms with Crippen LogP contribution >= 0.6 is 0 Å². The number of aliphatic carboxylic acids is 1. The lowest BCUT2D eigenvalue weighted by molar-refractivity contribution is -0.192. The van der Waals surface area contributed by atoms with Gasteiger partial charge < -0.3 is 5.11 Å². The van der Waals surface area contributed by atoms with Crippen molar-refractivity contribution < 1.29 is 31.5 Å². The molecule has 2 aromatic rings. The standard InChI is InChI=1S/C18H26N4O2S.C2HF3O2/c1-3-25(23,24)20-11-9-18-14-21(13-17-8-10-19-22(17)18)12-16-7-5-4-6-15(16)2;3-2(4,5)1(6)7/h4-8,10,18,20H,3,9,11-14H2,1-2H3;(H,6,7). The molecule has 0 aliphatic carbocycles. The highest BCUT2D eigenvalue weighted by atomic mass is 32.2. The number of rotatable bonds is 7. The number of carbonyl (C=O) groups is 1. The SMILES string of the molecule is CCS(=O)(=O)NCCC1CN(Cc2ccccc2C)Cc2ccnn21.O=C(O)C(F)(F)F. The van der Waals surface area contributed by atoms with Crippen LogP contribution in [0.2, 0.25) is 0 Å². The fourth-order valence-corrected chi connectivity index (χ4v) is 3.94. The Balaban J connectivity index is 0.000000451. The Labute approximate surface area is 185 Å². The molecule has 0 bridgehead atoms. The van der Waals surface area contributed by atoms with Crippen molar-refractivity contribution in [1.82, 2.24) is 19.4 Å². The summed E-state index contributed by atoms with van der Waals surface area (Å²) in [4.78, 5) is 11.3. The molecule has 2 heterocycles. The van der Waals surface area contributed by atoms with Gasteiger partial charge in [0.2, 0.25) is 10.0 Å². The van der Waals surface area contributed by atoms with Crippen LogP contribution in [0.25, 0.3) is 0 Å². The molecule has 2 N–H and O–H groups in total. The largest absolute Gasteiger partial charge is 0.490 e. The Morgan fingerprint density at radius 1 is 1.28 bits per heavy atom. The number of halogens is 3. The molecule has 1 aliphatic heterocycles. The van der Waals surface area contributed by atoms with E-state index in [1.165, 1.54) is 16.8 Å². The van der Waals surface area contributed by atoms with Crippen LogP contribution in [0.5, 0.6) is 0 Å². The first-order chi connectivity index (χ1) is 14.9. The number of aryl methyl sites for hydroxylation is 1. The monoisotopic (exact) mass is 476 g/mol. The molecule has 8 nitrogen and oxygen atoms in total. The van der Waals surface area contributed by atoms with E-state index in [2.05, 4.69) is 50.6 Å². The smallest absolute Gasteiger partial charge is 0.475 e. The third-order valence-corrected chi connectivity index (χ3v) is 6.43. The number of carboxylic acid groups (broad SMARTS) is 1. The molecule has 32 heavy (non-hydrogen) atoms. The van der Waals surface area contributed by atoms with E-state index in [-0.39, 0.29) is 11.8 Å². The van der Waals surface area contributed by atoms with E-state index in [0.29, 0.717) is 6.54 Å². The summed E-state index contributed by atoms with van der Waals surface area (Å²) in [6.07, 6.45) is -2.52. The summed E-state index contributed by atoms with van der Waals surface area (Å²) in [5.41, 5.74) is 3.82. The number of fused-ring (bicyclic) bond motifs is 1. The van der Waals surface area contributed by atoms with Crippen LogP contribution < -0.4 is 4.72 Å². The number of nitrogens with zero attached hydrogens (tertiary/aromatic N) is 3. The lowest BCUT2D eigenvalue weighted by atomic mass is 10.1. The average Bonchev–Trinajstić information content (AvgIpc) is 3.18. The van der Waals surface area contributed by atoms with E-state index in [1.54, 1.807) is 6.92 Å². The zero-order chi connectivity index (χ0) is 23.9. The van der Waals surface area contributed by atoms with Crippen molar-refractivity contribution in [2.45, 2.75) is 45.6 Å². The number of nitrogens with one attached hydrogen (secondary N) is 1. The minimum absolute atomic E-state index is 0.115. The van der Waals surface area contributed by atoms with Crippen molar-refractivity contribution in [2.24, 2.45) is 0 Å². The molecule has 1 atom stereocenters. The fourth-order valence-electron chi connectivity index (χ4n) is 3.31. The van der Waals surface area contributed by atoms with Gasteiger partial charge in [0.1, 0.15) is 0 Å². The highest BCUT2D eigenvalue weighted by Gasteiger charge is 2.38. The molecule has 1 aromatic carbocycles. The first-order valence-electron chi connectivity index (χ1n) is 9.99.